The first-order chi connectivity index (χ1) is 5.46. The molecule has 0 bridgehead atoms. The standard InChI is InChI=1S/C9H12/c1-7-5-4-6-8(2)9(7)3/h4-6H,1-3H3/i4D,5D,6D. The number of hydrogen-bond acceptors (Lipinski definition) is 0. The molecule has 1 aromatic rings. The molecule has 0 aromatic heterocycles. The molecular weight excluding hydrogens is 108 g/mol. The van der Waals surface area contributed by atoms with Crippen LogP contribution >= 0.6 is 0 Å². The average molecular weight is 123 g/mol. The van der Waals surface area contributed by atoms with Crippen molar-refractivity contribution in [3.05, 3.63) is 34.8 Å². The molecule has 0 aliphatic heterocycles. The fourth-order valence-corrected chi connectivity index (χ4v) is 0.688. The third kappa shape index (κ3) is 1.13. The molecule has 1 aromatic carbocycles. The lowest BCUT2D eigenvalue weighted by Gasteiger charge is -2.00. The van der Waals surface area contributed by atoms with Gasteiger partial charge in [-0.25, -0.2) is 0 Å². The van der Waals surface area contributed by atoms with E-state index in [1.807, 2.05) is 20.8 Å². The Kier molecular flexibility index (Phi) is 0.839. The Labute approximate surface area is 60.7 Å². The number of benzene rings is 1. The van der Waals surface area contributed by atoms with Gasteiger partial charge in [0.15, 0.2) is 0 Å². The zero-order valence-corrected chi connectivity index (χ0v) is 6.00. The van der Waals surface area contributed by atoms with Crippen molar-refractivity contribution in [3.63, 3.8) is 0 Å². The van der Waals surface area contributed by atoms with Gasteiger partial charge in [0.25, 0.3) is 0 Å². The van der Waals surface area contributed by atoms with Gasteiger partial charge in [0, 0.05) is 0 Å². The van der Waals surface area contributed by atoms with Crippen molar-refractivity contribution in [1.29, 1.82) is 0 Å². The highest BCUT2D eigenvalue weighted by Gasteiger charge is 1.91. The Hall–Kier alpha value is -0.780. The van der Waals surface area contributed by atoms with Gasteiger partial charge in [-0.1, -0.05) is 18.1 Å². The minimum absolute atomic E-state index is 0.0376. The Morgan fingerprint density at radius 1 is 1.11 bits per heavy atom. The molecule has 0 heteroatoms. The van der Waals surface area contributed by atoms with Gasteiger partial charge in [0.1, 0.15) is 0 Å². The lowest BCUT2D eigenvalue weighted by Crippen LogP contribution is -1.82. The molecule has 0 aliphatic rings. The van der Waals surface area contributed by atoms with Crippen molar-refractivity contribution in [2.75, 3.05) is 0 Å². The average Bonchev–Trinajstić information content (AvgIpc) is 2.08. The Morgan fingerprint density at radius 3 is 2.00 bits per heavy atom. The van der Waals surface area contributed by atoms with Gasteiger partial charge in [0.05, 0.1) is 4.11 Å². The summed E-state index contributed by atoms with van der Waals surface area (Å²) in [6, 6.07) is 0.404. The molecule has 0 fully saturated rings. The van der Waals surface area contributed by atoms with Crippen LogP contribution in [0.4, 0.5) is 0 Å². The minimum atomic E-state index is 0.0376. The summed E-state index contributed by atoms with van der Waals surface area (Å²) in [5.41, 5.74) is 2.59. The van der Waals surface area contributed by atoms with Crippen LogP contribution in [0.5, 0.6) is 0 Å². The van der Waals surface area contributed by atoms with Gasteiger partial charge in [-0.05, 0) is 37.5 Å². The Morgan fingerprint density at radius 2 is 1.56 bits per heavy atom. The number of rotatable bonds is 0. The van der Waals surface area contributed by atoms with E-state index in [0.29, 0.717) is 0 Å². The first kappa shape index (κ1) is 3.40. The highest BCUT2D eigenvalue weighted by atomic mass is 14.0. The molecular formula is C9H12. The summed E-state index contributed by atoms with van der Waals surface area (Å²) >= 11 is 0. The second-order valence-corrected chi connectivity index (χ2v) is 2.25. The molecule has 0 N–H and O–H groups in total. The van der Waals surface area contributed by atoms with E-state index in [-0.39, 0.29) is 18.1 Å². The van der Waals surface area contributed by atoms with Crippen LogP contribution in [0.3, 0.4) is 0 Å². The van der Waals surface area contributed by atoms with Gasteiger partial charge in [-0.15, -0.1) is 0 Å². The van der Waals surface area contributed by atoms with Crippen LogP contribution in [0.2, 0.25) is 0 Å². The van der Waals surface area contributed by atoms with E-state index in [1.165, 1.54) is 0 Å². The molecule has 0 unspecified atom stereocenters. The molecule has 9 heavy (non-hydrogen) atoms. The predicted molar refractivity (Wildman–Crippen MR) is 40.7 cm³/mol. The second kappa shape index (κ2) is 2.22. The smallest absolute Gasteiger partial charge is 0.0617 e. The van der Waals surface area contributed by atoms with Crippen molar-refractivity contribution >= 4 is 0 Å². The molecule has 0 saturated heterocycles. The predicted octanol–water partition coefficient (Wildman–Crippen LogP) is 2.61. The molecule has 0 amide bonds. The topological polar surface area (TPSA) is 0 Å². The van der Waals surface area contributed by atoms with Gasteiger partial charge in [0.2, 0.25) is 0 Å². The molecule has 0 spiro atoms. The fraction of sp³-hybridized carbons (Fsp3) is 0.333. The van der Waals surface area contributed by atoms with Gasteiger partial charge < -0.3 is 0 Å². The lowest BCUT2D eigenvalue weighted by molar-refractivity contribution is 1.27. The summed E-state index contributed by atoms with van der Waals surface area (Å²) < 4.78 is 22.5. The van der Waals surface area contributed by atoms with Crippen molar-refractivity contribution in [1.82, 2.24) is 0 Å². The van der Waals surface area contributed by atoms with E-state index in [0.717, 1.165) is 16.7 Å². The maximum Gasteiger partial charge on any atom is 0.0626 e. The van der Waals surface area contributed by atoms with E-state index in [2.05, 4.69) is 0 Å². The summed E-state index contributed by atoms with van der Waals surface area (Å²) in [4.78, 5) is 0. The van der Waals surface area contributed by atoms with Gasteiger partial charge in [-0.3, -0.25) is 0 Å². The molecule has 0 radical (unpaired) electrons. The summed E-state index contributed by atoms with van der Waals surface area (Å²) in [7, 11) is 0. The number of hydrogen-bond donors (Lipinski definition) is 0. The van der Waals surface area contributed by atoms with Crippen LogP contribution in [0.15, 0.2) is 18.1 Å². The normalized spacial score (nSPS) is 14.3. The van der Waals surface area contributed by atoms with E-state index >= 15 is 0 Å². The first-order valence-electron chi connectivity index (χ1n) is 4.50. The summed E-state index contributed by atoms with van der Waals surface area (Å²) in [5, 5.41) is 0. The molecule has 1 rings (SSSR count). The monoisotopic (exact) mass is 123 g/mol. The lowest BCUT2D eigenvalue weighted by atomic mass is 10.1. The second-order valence-electron chi connectivity index (χ2n) is 2.25. The highest BCUT2D eigenvalue weighted by molar-refractivity contribution is 5.31. The molecule has 0 heterocycles. The first-order valence-corrected chi connectivity index (χ1v) is 3.00. The maximum atomic E-state index is 7.51. The van der Waals surface area contributed by atoms with E-state index in [4.69, 9.17) is 4.11 Å². The summed E-state index contributed by atoms with van der Waals surface area (Å²) in [5.74, 6) is 0. The zero-order valence-electron chi connectivity index (χ0n) is 9.00. The Balaban J connectivity index is 3.60. The third-order valence-electron chi connectivity index (χ3n) is 1.62. The van der Waals surface area contributed by atoms with Crippen LogP contribution in [-0.4, -0.2) is 0 Å². The van der Waals surface area contributed by atoms with Gasteiger partial charge >= 0.3 is 0 Å². The maximum absolute atomic E-state index is 7.51. The molecule has 0 aliphatic carbocycles. The SMILES string of the molecule is [2H]c1c([2H])c(C)c(C)c(C)c1[2H]. The van der Waals surface area contributed by atoms with Crippen molar-refractivity contribution < 1.29 is 4.11 Å². The van der Waals surface area contributed by atoms with E-state index in [9.17, 15) is 0 Å². The summed E-state index contributed by atoms with van der Waals surface area (Å²) in [6.07, 6.45) is 0. The van der Waals surface area contributed by atoms with Crippen LogP contribution in [0.1, 0.15) is 20.8 Å². The van der Waals surface area contributed by atoms with E-state index < -0.39 is 0 Å². The zero-order chi connectivity index (χ0) is 9.46. The highest BCUT2D eigenvalue weighted by Crippen LogP contribution is 2.09. The summed E-state index contributed by atoms with van der Waals surface area (Å²) in [6.45, 7) is 5.53. The van der Waals surface area contributed by atoms with Gasteiger partial charge in [-0.2, -0.15) is 0 Å². The molecule has 0 nitrogen and oxygen atoms in total. The Bertz CT molecular complexity index is 224. The van der Waals surface area contributed by atoms with Crippen molar-refractivity contribution in [3.8, 4) is 0 Å². The molecule has 0 saturated carbocycles. The molecule has 48 valence electrons. The largest absolute Gasteiger partial charge is 0.0626 e. The quantitative estimate of drug-likeness (QED) is 0.497. The van der Waals surface area contributed by atoms with Crippen LogP contribution in [-0.2, 0) is 0 Å². The third-order valence-corrected chi connectivity index (χ3v) is 1.62. The van der Waals surface area contributed by atoms with Crippen LogP contribution in [0, 0.1) is 20.8 Å². The van der Waals surface area contributed by atoms with Crippen molar-refractivity contribution in [2.24, 2.45) is 0 Å². The fourth-order valence-electron chi connectivity index (χ4n) is 0.688. The minimum Gasteiger partial charge on any atom is -0.0617 e. The van der Waals surface area contributed by atoms with E-state index in [1.54, 1.807) is 0 Å². The molecule has 0 atom stereocenters. The van der Waals surface area contributed by atoms with Crippen LogP contribution < -0.4 is 0 Å². The van der Waals surface area contributed by atoms with Crippen molar-refractivity contribution in [2.45, 2.75) is 20.8 Å². The van der Waals surface area contributed by atoms with Crippen LogP contribution in [0.25, 0.3) is 0 Å².